The van der Waals surface area contributed by atoms with Crippen LogP contribution in [0.4, 0.5) is 0 Å². The summed E-state index contributed by atoms with van der Waals surface area (Å²) in [6.07, 6.45) is 0. The minimum atomic E-state index is -0.874. The molecule has 1 aromatic rings. The lowest BCUT2D eigenvalue weighted by Gasteiger charge is -2.19. The van der Waals surface area contributed by atoms with Crippen molar-refractivity contribution in [3.8, 4) is 0 Å². The van der Waals surface area contributed by atoms with Crippen molar-refractivity contribution in [3.63, 3.8) is 0 Å². The summed E-state index contributed by atoms with van der Waals surface area (Å²) in [5, 5.41) is 2.49. The Hall–Kier alpha value is -1.84. The first-order valence-electron chi connectivity index (χ1n) is 5.80. The second kappa shape index (κ2) is 5.67. The normalized spacial score (nSPS) is 10.9. The molecule has 0 unspecified atom stereocenters. The number of rotatable bonds is 2. The molecule has 98 valence electrons. The van der Waals surface area contributed by atoms with E-state index in [0.29, 0.717) is 6.54 Å². The van der Waals surface area contributed by atoms with Gasteiger partial charge < -0.3 is 10.1 Å². The number of hydrogen-bond donors (Lipinski definition) is 1. The maximum atomic E-state index is 11.2. The fraction of sp³-hybridized carbons (Fsp3) is 0.429. The molecule has 0 fully saturated rings. The number of carbonyl (C=O) groups excluding carboxylic acids is 2. The number of methoxy groups -OCH3 is 1. The van der Waals surface area contributed by atoms with Gasteiger partial charge in [0.25, 0.3) is 0 Å². The summed E-state index contributed by atoms with van der Waals surface area (Å²) in [5.41, 5.74) is 2.28. The van der Waals surface area contributed by atoms with Crippen LogP contribution in [0.15, 0.2) is 24.3 Å². The van der Waals surface area contributed by atoms with Crippen molar-refractivity contribution in [2.75, 3.05) is 7.11 Å². The molecule has 1 amide bonds. The van der Waals surface area contributed by atoms with E-state index in [1.54, 1.807) is 0 Å². The molecular weight excluding hydrogens is 230 g/mol. The van der Waals surface area contributed by atoms with Gasteiger partial charge in [-0.25, -0.2) is 4.79 Å². The van der Waals surface area contributed by atoms with E-state index in [2.05, 4.69) is 30.8 Å². The molecule has 0 atom stereocenters. The van der Waals surface area contributed by atoms with Crippen LogP contribution in [-0.4, -0.2) is 19.0 Å². The van der Waals surface area contributed by atoms with Gasteiger partial charge in [0.1, 0.15) is 0 Å². The third-order valence-corrected chi connectivity index (χ3v) is 2.64. The minimum absolute atomic E-state index is 0.105. The Morgan fingerprint density at radius 2 is 1.72 bits per heavy atom. The fourth-order valence-electron chi connectivity index (χ4n) is 1.47. The first-order chi connectivity index (χ1) is 8.34. The van der Waals surface area contributed by atoms with Crippen LogP contribution in [0, 0.1) is 0 Å². The summed E-state index contributed by atoms with van der Waals surface area (Å²) in [6, 6.07) is 7.94. The van der Waals surface area contributed by atoms with Crippen molar-refractivity contribution in [3.05, 3.63) is 35.4 Å². The second-order valence-electron chi connectivity index (χ2n) is 5.12. The summed E-state index contributed by atoms with van der Waals surface area (Å²) in [5.74, 6) is -1.60. The molecule has 0 aromatic heterocycles. The van der Waals surface area contributed by atoms with Crippen molar-refractivity contribution in [1.82, 2.24) is 5.32 Å². The highest BCUT2D eigenvalue weighted by Crippen LogP contribution is 2.22. The maximum Gasteiger partial charge on any atom is 0.396 e. The van der Waals surface area contributed by atoms with Crippen LogP contribution >= 0.6 is 0 Å². The van der Waals surface area contributed by atoms with Crippen LogP contribution in [0.25, 0.3) is 0 Å². The number of carbonyl (C=O) groups is 2. The zero-order valence-corrected chi connectivity index (χ0v) is 11.2. The lowest BCUT2D eigenvalue weighted by Crippen LogP contribution is -2.31. The predicted octanol–water partition coefficient (Wildman–Crippen LogP) is 1.77. The molecule has 1 N–H and O–H groups in total. The lowest BCUT2D eigenvalue weighted by molar-refractivity contribution is -0.152. The summed E-state index contributed by atoms with van der Waals surface area (Å²) in [7, 11) is 1.18. The van der Waals surface area contributed by atoms with Gasteiger partial charge in [-0.2, -0.15) is 0 Å². The lowest BCUT2D eigenvalue weighted by atomic mass is 9.87. The highest BCUT2D eigenvalue weighted by Gasteiger charge is 2.14. The summed E-state index contributed by atoms with van der Waals surface area (Å²) in [6.45, 7) is 6.74. The number of nitrogens with one attached hydrogen (secondary N) is 1. The van der Waals surface area contributed by atoms with Gasteiger partial charge >= 0.3 is 11.9 Å². The standard InChI is InChI=1S/C14H19NO3/c1-14(2,3)11-7-5-10(6-8-11)9-15-12(16)13(17)18-4/h5-8H,9H2,1-4H3,(H,15,16). The predicted molar refractivity (Wildman–Crippen MR) is 69.0 cm³/mol. The van der Waals surface area contributed by atoms with Gasteiger partial charge in [-0.15, -0.1) is 0 Å². The molecule has 0 saturated carbocycles. The molecule has 0 heterocycles. The van der Waals surface area contributed by atoms with E-state index in [1.807, 2.05) is 24.3 Å². The Morgan fingerprint density at radius 1 is 1.17 bits per heavy atom. The van der Waals surface area contributed by atoms with Crippen LogP contribution < -0.4 is 5.32 Å². The second-order valence-corrected chi connectivity index (χ2v) is 5.12. The third-order valence-electron chi connectivity index (χ3n) is 2.64. The highest BCUT2D eigenvalue weighted by molar-refractivity contribution is 6.32. The Kier molecular flexibility index (Phi) is 4.48. The molecule has 4 heteroatoms. The molecule has 4 nitrogen and oxygen atoms in total. The van der Waals surface area contributed by atoms with Crippen molar-refractivity contribution >= 4 is 11.9 Å². The minimum Gasteiger partial charge on any atom is -0.462 e. The van der Waals surface area contributed by atoms with Gasteiger partial charge in [0.2, 0.25) is 0 Å². The van der Waals surface area contributed by atoms with Gasteiger partial charge in [-0.3, -0.25) is 4.79 Å². The zero-order chi connectivity index (χ0) is 13.8. The number of hydrogen-bond acceptors (Lipinski definition) is 3. The molecular formula is C14H19NO3. The van der Waals surface area contributed by atoms with Gasteiger partial charge in [-0.05, 0) is 16.5 Å². The molecule has 0 radical (unpaired) electrons. The van der Waals surface area contributed by atoms with Crippen molar-refractivity contribution in [2.45, 2.75) is 32.7 Å². The Labute approximate surface area is 107 Å². The van der Waals surface area contributed by atoms with E-state index < -0.39 is 11.9 Å². The molecule has 0 bridgehead atoms. The van der Waals surface area contributed by atoms with Crippen LogP contribution in [-0.2, 0) is 26.3 Å². The van der Waals surface area contributed by atoms with Gasteiger partial charge in [0.05, 0.1) is 7.11 Å². The average molecular weight is 249 g/mol. The first kappa shape index (κ1) is 14.2. The SMILES string of the molecule is COC(=O)C(=O)NCc1ccc(C(C)(C)C)cc1. The average Bonchev–Trinajstić information content (AvgIpc) is 2.34. The fourth-order valence-corrected chi connectivity index (χ4v) is 1.47. The quantitative estimate of drug-likeness (QED) is 0.642. The highest BCUT2D eigenvalue weighted by atomic mass is 16.5. The van der Waals surface area contributed by atoms with Crippen LogP contribution in [0.1, 0.15) is 31.9 Å². The summed E-state index contributed by atoms with van der Waals surface area (Å²) < 4.78 is 4.31. The number of ether oxygens (including phenoxy) is 1. The molecule has 1 aromatic carbocycles. The zero-order valence-electron chi connectivity index (χ0n) is 11.2. The van der Waals surface area contributed by atoms with Crippen molar-refractivity contribution in [1.29, 1.82) is 0 Å². The summed E-state index contributed by atoms with van der Waals surface area (Å²) in [4.78, 5) is 22.1. The largest absolute Gasteiger partial charge is 0.462 e. The topological polar surface area (TPSA) is 55.4 Å². The number of esters is 1. The van der Waals surface area contributed by atoms with Crippen molar-refractivity contribution < 1.29 is 14.3 Å². The number of amides is 1. The molecule has 0 saturated heterocycles. The molecule has 0 spiro atoms. The van der Waals surface area contributed by atoms with E-state index >= 15 is 0 Å². The van der Waals surface area contributed by atoms with Crippen molar-refractivity contribution in [2.24, 2.45) is 0 Å². The third kappa shape index (κ3) is 3.87. The maximum absolute atomic E-state index is 11.2. The van der Waals surface area contributed by atoms with E-state index in [4.69, 9.17) is 0 Å². The van der Waals surface area contributed by atoms with Crippen LogP contribution in [0.2, 0.25) is 0 Å². The Morgan fingerprint density at radius 3 is 2.17 bits per heavy atom. The van der Waals surface area contributed by atoms with Gasteiger partial charge in [0.15, 0.2) is 0 Å². The van der Waals surface area contributed by atoms with Gasteiger partial charge in [-0.1, -0.05) is 45.0 Å². The molecule has 0 aliphatic rings. The molecule has 0 aliphatic carbocycles. The van der Waals surface area contributed by atoms with E-state index in [9.17, 15) is 9.59 Å². The number of benzene rings is 1. The molecule has 0 aliphatic heterocycles. The van der Waals surface area contributed by atoms with Gasteiger partial charge in [0, 0.05) is 6.54 Å². The Balaban J connectivity index is 2.60. The first-order valence-corrected chi connectivity index (χ1v) is 5.80. The molecule has 18 heavy (non-hydrogen) atoms. The monoisotopic (exact) mass is 249 g/mol. The summed E-state index contributed by atoms with van der Waals surface area (Å²) >= 11 is 0. The van der Waals surface area contributed by atoms with E-state index in [-0.39, 0.29) is 5.41 Å². The van der Waals surface area contributed by atoms with Crippen LogP contribution in [0.3, 0.4) is 0 Å². The Bertz CT molecular complexity index is 429. The van der Waals surface area contributed by atoms with Crippen LogP contribution in [0.5, 0.6) is 0 Å². The molecule has 1 rings (SSSR count). The smallest absolute Gasteiger partial charge is 0.396 e. The van der Waals surface area contributed by atoms with E-state index in [0.717, 1.165) is 5.56 Å². The van der Waals surface area contributed by atoms with E-state index in [1.165, 1.54) is 12.7 Å².